The summed E-state index contributed by atoms with van der Waals surface area (Å²) >= 11 is 12.0. The molecule has 0 fully saturated rings. The monoisotopic (exact) mass is 532 g/mol. The average Bonchev–Trinajstić information content (AvgIpc) is 3.35. The number of aromatic carboxylic acids is 2. The van der Waals surface area contributed by atoms with Crippen molar-refractivity contribution in [3.8, 4) is 17.1 Å². The van der Waals surface area contributed by atoms with Crippen molar-refractivity contribution in [2.24, 2.45) is 4.99 Å². The first-order valence-corrected chi connectivity index (χ1v) is 11.6. The van der Waals surface area contributed by atoms with E-state index in [0.717, 1.165) is 6.07 Å². The fourth-order valence-corrected chi connectivity index (χ4v) is 4.58. The fraction of sp³-hybridized carbons (Fsp3) is 0.0370. The van der Waals surface area contributed by atoms with Gasteiger partial charge in [-0.1, -0.05) is 47.5 Å². The van der Waals surface area contributed by atoms with Gasteiger partial charge < -0.3 is 29.5 Å². The largest absolute Gasteiger partial charge is 0.545 e. The van der Waals surface area contributed by atoms with Gasteiger partial charge in [0, 0.05) is 15.6 Å². The van der Waals surface area contributed by atoms with E-state index in [1.165, 1.54) is 16.7 Å². The smallest absolute Gasteiger partial charge is 0.280 e. The van der Waals surface area contributed by atoms with Crippen LogP contribution in [0.2, 0.25) is 10.0 Å². The Bertz CT molecular complexity index is 1600. The van der Waals surface area contributed by atoms with Crippen LogP contribution in [0.3, 0.4) is 0 Å². The third-order valence-electron chi connectivity index (χ3n) is 5.94. The van der Waals surface area contributed by atoms with Crippen molar-refractivity contribution in [2.45, 2.75) is 6.54 Å². The van der Waals surface area contributed by atoms with Gasteiger partial charge >= 0.3 is 0 Å². The summed E-state index contributed by atoms with van der Waals surface area (Å²) in [5.41, 5.74) is 1.42. The van der Waals surface area contributed by atoms with Gasteiger partial charge in [0.2, 0.25) is 5.88 Å². The Kier molecular flexibility index (Phi) is 6.07. The number of carbonyl (C=O) groups excluding carboxylic acids is 3. The quantitative estimate of drug-likeness (QED) is 0.405. The molecule has 0 radical (unpaired) electrons. The lowest BCUT2D eigenvalue weighted by molar-refractivity contribution is -0.255. The highest BCUT2D eigenvalue weighted by Gasteiger charge is 2.36. The van der Waals surface area contributed by atoms with E-state index >= 15 is 0 Å². The average molecular weight is 533 g/mol. The molecule has 8 nitrogen and oxygen atoms in total. The summed E-state index contributed by atoms with van der Waals surface area (Å²) in [5.74, 6) is -4.05. The zero-order chi connectivity index (χ0) is 26.4. The lowest BCUT2D eigenvalue weighted by Gasteiger charge is -2.15. The highest BCUT2D eigenvalue weighted by Crippen LogP contribution is 2.42. The van der Waals surface area contributed by atoms with Crippen LogP contribution in [0, 0.1) is 0 Å². The standard InChI is InChI=1S/C27H16Cl2N2O6/c28-18-5-1-14(2-6-18)22-20-21(24(32)30-22)23(15-3-7-19(29)8-4-15)31(25(20)33)12-13-9-16(26(34)35)11-17(10-13)27(36)37/h1-11,33H,12H2,(H,34,35)(H,36,37)/p-2. The number of fused-ring (bicyclic) bond motifs is 1. The minimum Gasteiger partial charge on any atom is -0.545 e. The maximum Gasteiger partial charge on any atom is 0.280 e. The molecule has 1 aliphatic rings. The topological polar surface area (TPSA) is 135 Å². The first-order valence-electron chi connectivity index (χ1n) is 10.8. The van der Waals surface area contributed by atoms with Gasteiger partial charge in [0.25, 0.3) is 5.91 Å². The maximum absolute atomic E-state index is 13.1. The number of carboxylic acid groups (broad SMARTS) is 2. The lowest BCUT2D eigenvalue weighted by atomic mass is 10.0. The first-order chi connectivity index (χ1) is 17.6. The Balaban J connectivity index is 1.73. The summed E-state index contributed by atoms with van der Waals surface area (Å²) in [5, 5.41) is 35.3. The normalized spacial score (nSPS) is 12.4. The lowest BCUT2D eigenvalue weighted by Crippen LogP contribution is -2.26. The maximum atomic E-state index is 13.1. The van der Waals surface area contributed by atoms with E-state index in [1.807, 2.05) is 0 Å². The number of aliphatic imine (C=N–C) groups is 1. The van der Waals surface area contributed by atoms with Crippen molar-refractivity contribution in [2.75, 3.05) is 0 Å². The third kappa shape index (κ3) is 4.37. The van der Waals surface area contributed by atoms with Crippen LogP contribution < -0.4 is 10.2 Å². The molecule has 0 spiro atoms. The van der Waals surface area contributed by atoms with Crippen molar-refractivity contribution < 1.29 is 29.7 Å². The number of aromatic nitrogens is 1. The number of halogens is 2. The minimum atomic E-state index is -1.58. The Morgan fingerprint density at radius 1 is 0.811 bits per heavy atom. The number of hydrogen-bond acceptors (Lipinski definition) is 6. The predicted octanol–water partition coefficient (Wildman–Crippen LogP) is 2.93. The molecule has 2 heterocycles. The summed E-state index contributed by atoms with van der Waals surface area (Å²) in [6.45, 7) is -0.181. The number of amides is 1. The molecule has 5 rings (SSSR count). The molecule has 4 aromatic rings. The zero-order valence-corrected chi connectivity index (χ0v) is 20.2. The van der Waals surface area contributed by atoms with Crippen LogP contribution in [0.1, 0.15) is 47.8 Å². The van der Waals surface area contributed by atoms with Crippen molar-refractivity contribution >= 4 is 46.8 Å². The second kappa shape index (κ2) is 9.24. The molecule has 1 N–H and O–H groups in total. The molecule has 37 heavy (non-hydrogen) atoms. The van der Waals surface area contributed by atoms with Gasteiger partial charge in [-0.2, -0.15) is 0 Å². The number of nitrogens with zero attached hydrogens (tertiary/aromatic N) is 2. The van der Waals surface area contributed by atoms with Gasteiger partial charge in [0.15, 0.2) is 0 Å². The van der Waals surface area contributed by atoms with E-state index in [1.54, 1.807) is 48.5 Å². The number of carbonyl (C=O) groups is 3. The molecule has 1 amide bonds. The SMILES string of the molecule is O=C([O-])c1cc(Cn2c(O)c3c(c2-c2ccc(Cl)cc2)C(=O)N=C3c2ccc(Cl)cc2)cc(C(=O)[O-])c1. The van der Waals surface area contributed by atoms with Crippen molar-refractivity contribution in [3.05, 3.63) is 110 Å². The van der Waals surface area contributed by atoms with E-state index in [4.69, 9.17) is 23.2 Å². The molecule has 0 unspecified atom stereocenters. The van der Waals surface area contributed by atoms with Gasteiger partial charge in [-0.05, 0) is 64.7 Å². The van der Waals surface area contributed by atoms with Crippen LogP contribution in [-0.4, -0.2) is 33.2 Å². The van der Waals surface area contributed by atoms with Gasteiger partial charge in [-0.25, -0.2) is 4.99 Å². The van der Waals surface area contributed by atoms with Crippen LogP contribution in [0.4, 0.5) is 0 Å². The van der Waals surface area contributed by atoms with Crippen LogP contribution in [0.15, 0.2) is 71.7 Å². The molecular formula is C27H14Cl2N2O6-2. The molecule has 0 atom stereocenters. The van der Waals surface area contributed by atoms with Gasteiger partial charge in [0.05, 0.1) is 41.0 Å². The predicted molar refractivity (Wildman–Crippen MR) is 132 cm³/mol. The summed E-state index contributed by atoms with van der Waals surface area (Å²) in [6, 6.07) is 16.5. The minimum absolute atomic E-state index is 0.140. The first kappa shape index (κ1) is 24.3. The number of carboxylic acids is 2. The van der Waals surface area contributed by atoms with Crippen LogP contribution in [0.5, 0.6) is 5.88 Å². The number of aromatic hydroxyl groups is 1. The van der Waals surface area contributed by atoms with E-state index in [-0.39, 0.29) is 46.0 Å². The molecule has 3 aromatic carbocycles. The Morgan fingerprint density at radius 3 is 1.84 bits per heavy atom. The Morgan fingerprint density at radius 2 is 1.32 bits per heavy atom. The van der Waals surface area contributed by atoms with Crippen LogP contribution in [-0.2, 0) is 6.54 Å². The summed E-state index contributed by atoms with van der Waals surface area (Å²) in [6.07, 6.45) is 0. The Labute approximate surface area is 219 Å². The second-order valence-corrected chi connectivity index (χ2v) is 9.15. The van der Waals surface area contributed by atoms with Crippen molar-refractivity contribution in [1.29, 1.82) is 0 Å². The summed E-state index contributed by atoms with van der Waals surface area (Å²) < 4.78 is 1.39. The fourth-order valence-electron chi connectivity index (χ4n) is 4.33. The van der Waals surface area contributed by atoms with E-state index in [2.05, 4.69) is 4.99 Å². The molecular weight excluding hydrogens is 519 g/mol. The highest BCUT2D eigenvalue weighted by atomic mass is 35.5. The van der Waals surface area contributed by atoms with Crippen molar-refractivity contribution in [3.63, 3.8) is 0 Å². The summed E-state index contributed by atoms with van der Waals surface area (Å²) in [7, 11) is 0. The number of rotatable bonds is 6. The van der Waals surface area contributed by atoms with E-state index in [9.17, 15) is 29.7 Å². The Hall–Kier alpha value is -4.40. The van der Waals surface area contributed by atoms with Gasteiger partial charge in [-0.15, -0.1) is 0 Å². The summed E-state index contributed by atoms with van der Waals surface area (Å²) in [4.78, 5) is 40.3. The molecule has 10 heteroatoms. The van der Waals surface area contributed by atoms with Crippen molar-refractivity contribution in [1.82, 2.24) is 4.57 Å². The molecule has 1 aromatic heterocycles. The van der Waals surface area contributed by atoms with Crippen LogP contribution >= 0.6 is 23.2 Å². The molecule has 0 saturated carbocycles. The second-order valence-electron chi connectivity index (χ2n) is 8.28. The molecule has 0 aliphatic carbocycles. The van der Waals surface area contributed by atoms with E-state index < -0.39 is 17.8 Å². The highest BCUT2D eigenvalue weighted by molar-refractivity contribution is 6.32. The number of benzene rings is 3. The van der Waals surface area contributed by atoms with E-state index in [0.29, 0.717) is 26.9 Å². The molecule has 184 valence electrons. The number of hydrogen-bond donors (Lipinski definition) is 1. The molecule has 0 bridgehead atoms. The van der Waals surface area contributed by atoms with Crippen LogP contribution in [0.25, 0.3) is 11.3 Å². The van der Waals surface area contributed by atoms with Gasteiger partial charge in [-0.3, -0.25) is 4.79 Å². The zero-order valence-electron chi connectivity index (χ0n) is 18.7. The molecule has 1 aliphatic heterocycles. The van der Waals surface area contributed by atoms with Gasteiger partial charge in [0.1, 0.15) is 0 Å². The third-order valence-corrected chi connectivity index (χ3v) is 6.44. The molecule has 0 saturated heterocycles.